The van der Waals surface area contributed by atoms with Crippen molar-refractivity contribution >= 4 is 11.7 Å². The quantitative estimate of drug-likeness (QED) is 0.580. The number of hydrogen-bond donors (Lipinski definition) is 2. The molecule has 0 aromatic heterocycles. The van der Waals surface area contributed by atoms with E-state index in [1.807, 2.05) is 0 Å². The molecule has 0 saturated carbocycles. The Bertz CT molecular complexity index is 431. The van der Waals surface area contributed by atoms with E-state index < -0.39 is 34.6 Å². The number of carboxylic acid groups (broad SMARTS) is 1. The average molecular weight is 215 g/mol. The molecule has 0 amide bonds. The average Bonchev–Trinajstić information content (AvgIpc) is 2.09. The fourth-order valence-electron chi connectivity index (χ4n) is 1.08. The number of carboxylic acids is 1. The predicted octanol–water partition coefficient (Wildman–Crippen LogP) is 1.07. The van der Waals surface area contributed by atoms with Crippen molar-refractivity contribution in [2.24, 2.45) is 0 Å². The van der Waals surface area contributed by atoms with Gasteiger partial charge in [-0.25, -0.2) is 4.39 Å². The van der Waals surface area contributed by atoms with Gasteiger partial charge in [-0.1, -0.05) is 0 Å². The molecular weight excluding hydrogens is 209 g/mol. The first-order chi connectivity index (χ1) is 6.91. The van der Waals surface area contributed by atoms with Gasteiger partial charge < -0.3 is 10.2 Å². The Morgan fingerprint density at radius 2 is 2.13 bits per heavy atom. The van der Waals surface area contributed by atoms with Gasteiger partial charge in [0, 0.05) is 5.56 Å². The molecule has 0 aliphatic carbocycles. The van der Waals surface area contributed by atoms with E-state index in [0.29, 0.717) is 6.07 Å². The van der Waals surface area contributed by atoms with Gasteiger partial charge >= 0.3 is 11.7 Å². The fourth-order valence-corrected chi connectivity index (χ4v) is 1.08. The number of phenolic OH excluding ortho intramolecular Hbond substituents is 1. The van der Waals surface area contributed by atoms with Gasteiger partial charge in [0.15, 0.2) is 5.75 Å². The molecule has 6 nitrogen and oxygen atoms in total. The lowest BCUT2D eigenvalue weighted by atomic mass is 10.1. The highest BCUT2D eigenvalue weighted by molar-refractivity contribution is 5.72. The summed E-state index contributed by atoms with van der Waals surface area (Å²) >= 11 is 0. The Labute approximate surface area is 82.7 Å². The van der Waals surface area contributed by atoms with Gasteiger partial charge in [0.1, 0.15) is 5.82 Å². The first-order valence-corrected chi connectivity index (χ1v) is 3.79. The number of carbonyl (C=O) groups is 1. The van der Waals surface area contributed by atoms with Gasteiger partial charge in [-0.3, -0.25) is 14.9 Å². The zero-order chi connectivity index (χ0) is 11.6. The Morgan fingerprint density at radius 3 is 2.60 bits per heavy atom. The van der Waals surface area contributed by atoms with Crippen LogP contribution in [0.1, 0.15) is 5.56 Å². The smallest absolute Gasteiger partial charge is 0.313 e. The predicted molar refractivity (Wildman–Crippen MR) is 46.1 cm³/mol. The van der Waals surface area contributed by atoms with Crippen molar-refractivity contribution in [2.75, 3.05) is 0 Å². The lowest BCUT2D eigenvalue weighted by Crippen LogP contribution is -2.02. The maximum absolute atomic E-state index is 12.8. The van der Waals surface area contributed by atoms with Crippen molar-refractivity contribution in [1.82, 2.24) is 0 Å². The Hall–Kier alpha value is -2.18. The molecule has 0 saturated heterocycles. The molecule has 1 aromatic rings. The molecule has 1 rings (SSSR count). The van der Waals surface area contributed by atoms with Gasteiger partial charge in [-0.05, 0) is 6.07 Å². The van der Waals surface area contributed by atoms with Gasteiger partial charge in [0.2, 0.25) is 0 Å². The number of aromatic hydroxyl groups is 1. The standard InChI is InChI=1S/C8H6FNO5/c9-5-1-4(2-7(11)12)8(13)6(3-5)10(14)15/h1,3,13H,2H2,(H,11,12). The number of rotatable bonds is 3. The molecule has 0 unspecified atom stereocenters. The Balaban J connectivity index is 3.28. The number of nitro groups is 1. The first-order valence-electron chi connectivity index (χ1n) is 3.79. The van der Waals surface area contributed by atoms with Gasteiger partial charge in [0.05, 0.1) is 17.4 Å². The van der Waals surface area contributed by atoms with E-state index in [9.17, 15) is 24.4 Å². The van der Waals surface area contributed by atoms with Crippen LogP contribution in [0.2, 0.25) is 0 Å². The van der Waals surface area contributed by atoms with Crippen LogP contribution in [0.5, 0.6) is 5.75 Å². The fraction of sp³-hybridized carbons (Fsp3) is 0.125. The van der Waals surface area contributed by atoms with E-state index in [0.717, 1.165) is 6.07 Å². The minimum Gasteiger partial charge on any atom is -0.502 e. The zero-order valence-electron chi connectivity index (χ0n) is 7.31. The second-order valence-corrected chi connectivity index (χ2v) is 2.76. The van der Waals surface area contributed by atoms with Crippen LogP contribution >= 0.6 is 0 Å². The van der Waals surface area contributed by atoms with Crippen molar-refractivity contribution in [3.05, 3.63) is 33.6 Å². The summed E-state index contributed by atoms with van der Waals surface area (Å²) in [5, 5.41) is 28.0. The van der Waals surface area contributed by atoms with E-state index in [4.69, 9.17) is 5.11 Å². The van der Waals surface area contributed by atoms with Gasteiger partial charge in [-0.2, -0.15) is 0 Å². The third-order valence-electron chi connectivity index (χ3n) is 1.67. The summed E-state index contributed by atoms with van der Waals surface area (Å²) in [6.45, 7) is 0. The molecule has 0 aliphatic rings. The molecule has 0 heterocycles. The van der Waals surface area contributed by atoms with Crippen molar-refractivity contribution < 1.29 is 24.3 Å². The summed E-state index contributed by atoms with van der Waals surface area (Å²) in [5.41, 5.74) is -1.17. The minimum absolute atomic E-state index is 0.325. The second-order valence-electron chi connectivity index (χ2n) is 2.76. The maximum Gasteiger partial charge on any atom is 0.313 e. The molecule has 0 bridgehead atoms. The molecule has 1 aromatic carbocycles. The third kappa shape index (κ3) is 2.39. The molecule has 15 heavy (non-hydrogen) atoms. The van der Waals surface area contributed by atoms with Crippen molar-refractivity contribution in [1.29, 1.82) is 0 Å². The summed E-state index contributed by atoms with van der Waals surface area (Å²) in [6.07, 6.45) is -0.676. The van der Waals surface area contributed by atoms with Crippen LogP contribution in [-0.4, -0.2) is 21.1 Å². The lowest BCUT2D eigenvalue weighted by Gasteiger charge is -2.02. The number of phenols is 1. The van der Waals surface area contributed by atoms with Crippen LogP contribution in [0.15, 0.2) is 12.1 Å². The molecule has 2 N–H and O–H groups in total. The van der Waals surface area contributed by atoms with E-state index in [1.54, 1.807) is 0 Å². The number of aliphatic carboxylic acids is 1. The van der Waals surface area contributed by atoms with Crippen LogP contribution in [0.3, 0.4) is 0 Å². The topological polar surface area (TPSA) is 101 Å². The largest absolute Gasteiger partial charge is 0.502 e. The maximum atomic E-state index is 12.8. The highest BCUT2D eigenvalue weighted by Crippen LogP contribution is 2.30. The molecular formula is C8H6FNO5. The van der Waals surface area contributed by atoms with E-state index >= 15 is 0 Å². The number of hydrogen-bond acceptors (Lipinski definition) is 4. The van der Waals surface area contributed by atoms with E-state index in [-0.39, 0.29) is 5.56 Å². The van der Waals surface area contributed by atoms with Crippen LogP contribution in [0.25, 0.3) is 0 Å². The van der Waals surface area contributed by atoms with Gasteiger partial charge in [-0.15, -0.1) is 0 Å². The second kappa shape index (κ2) is 3.91. The van der Waals surface area contributed by atoms with Gasteiger partial charge in [0.25, 0.3) is 0 Å². The van der Waals surface area contributed by atoms with E-state index in [1.165, 1.54) is 0 Å². The van der Waals surface area contributed by atoms with Crippen LogP contribution in [-0.2, 0) is 11.2 Å². The van der Waals surface area contributed by atoms with Crippen molar-refractivity contribution in [3.63, 3.8) is 0 Å². The summed E-state index contributed by atoms with van der Waals surface area (Å²) in [7, 11) is 0. The molecule has 0 aliphatic heterocycles. The molecule has 0 radical (unpaired) electrons. The molecule has 7 heteroatoms. The lowest BCUT2D eigenvalue weighted by molar-refractivity contribution is -0.386. The van der Waals surface area contributed by atoms with Crippen molar-refractivity contribution in [3.8, 4) is 5.75 Å². The number of nitro benzene ring substituents is 1. The van der Waals surface area contributed by atoms with Crippen LogP contribution < -0.4 is 0 Å². The highest BCUT2D eigenvalue weighted by atomic mass is 19.1. The summed E-state index contributed by atoms with van der Waals surface area (Å²) < 4.78 is 12.8. The Morgan fingerprint density at radius 1 is 1.53 bits per heavy atom. The minimum atomic E-state index is -1.31. The monoisotopic (exact) mass is 215 g/mol. The zero-order valence-corrected chi connectivity index (χ0v) is 7.31. The van der Waals surface area contributed by atoms with Crippen LogP contribution in [0.4, 0.5) is 10.1 Å². The number of benzene rings is 1. The Kier molecular flexibility index (Phi) is 2.84. The molecule has 0 fully saturated rings. The van der Waals surface area contributed by atoms with Crippen molar-refractivity contribution in [2.45, 2.75) is 6.42 Å². The molecule has 0 spiro atoms. The number of halogens is 1. The summed E-state index contributed by atoms with van der Waals surface area (Å²) in [6, 6.07) is 1.27. The molecule has 0 atom stereocenters. The SMILES string of the molecule is O=C(O)Cc1cc(F)cc([N+](=O)[O-])c1O. The molecule has 80 valence electrons. The summed E-state index contributed by atoms with van der Waals surface area (Å²) in [5.74, 6) is -3.09. The highest BCUT2D eigenvalue weighted by Gasteiger charge is 2.20. The van der Waals surface area contributed by atoms with Crippen LogP contribution in [0, 0.1) is 15.9 Å². The summed E-state index contributed by atoms with van der Waals surface area (Å²) in [4.78, 5) is 19.7. The van der Waals surface area contributed by atoms with E-state index in [2.05, 4.69) is 0 Å². The normalized spacial score (nSPS) is 9.93. The third-order valence-corrected chi connectivity index (χ3v) is 1.67. The number of nitrogens with zero attached hydrogens (tertiary/aromatic N) is 1. The first kappa shape index (κ1) is 10.9.